The maximum Gasteiger partial charge on any atom is 0.416 e. The monoisotopic (exact) mass is 385 g/mol. The third kappa shape index (κ3) is 4.50. The van der Waals surface area contributed by atoms with E-state index in [1.807, 2.05) is 38.1 Å². The highest BCUT2D eigenvalue weighted by Gasteiger charge is 2.29. The van der Waals surface area contributed by atoms with E-state index in [1.165, 1.54) is 12.1 Å². The molecular weight excluding hydrogens is 363 g/mol. The fourth-order valence-corrected chi connectivity index (χ4v) is 3.12. The van der Waals surface area contributed by atoms with Crippen molar-refractivity contribution < 1.29 is 13.2 Å². The van der Waals surface area contributed by atoms with Gasteiger partial charge in [-0.15, -0.1) is 0 Å². The number of benzene rings is 2. The van der Waals surface area contributed by atoms with Crippen molar-refractivity contribution in [3.05, 3.63) is 70.9 Å². The van der Waals surface area contributed by atoms with Crippen molar-refractivity contribution in [1.29, 1.82) is 5.41 Å². The van der Waals surface area contributed by atoms with Crippen LogP contribution in [0.3, 0.4) is 0 Å². The number of fused-ring (bicyclic) bond motifs is 1. The number of anilines is 1. The maximum atomic E-state index is 12.7. The van der Waals surface area contributed by atoms with E-state index < -0.39 is 11.7 Å². The second-order valence-electron chi connectivity index (χ2n) is 6.82. The Hall–Kier alpha value is -2.89. The van der Waals surface area contributed by atoms with Gasteiger partial charge in [-0.2, -0.15) is 13.2 Å². The lowest BCUT2D eigenvalue weighted by atomic mass is 10.0. The van der Waals surface area contributed by atoms with Gasteiger partial charge in [0, 0.05) is 34.6 Å². The third-order valence-electron chi connectivity index (χ3n) is 4.54. The summed E-state index contributed by atoms with van der Waals surface area (Å²) in [5.74, 6) is 0. The molecule has 1 aromatic heterocycles. The molecule has 0 radical (unpaired) electrons. The smallest absolute Gasteiger partial charge is 0.381 e. The number of aromatic nitrogens is 1. The molecule has 0 unspecified atom stereocenters. The van der Waals surface area contributed by atoms with E-state index >= 15 is 0 Å². The molecule has 2 N–H and O–H groups in total. The second-order valence-corrected chi connectivity index (χ2v) is 6.82. The molecule has 3 nitrogen and oxygen atoms in total. The highest BCUT2D eigenvalue weighted by atomic mass is 19.4. The molecule has 0 spiro atoms. The second kappa shape index (κ2) is 8.00. The zero-order chi connectivity index (χ0) is 20.3. The van der Waals surface area contributed by atoms with Crippen LogP contribution in [0.25, 0.3) is 10.9 Å². The van der Waals surface area contributed by atoms with E-state index in [0.29, 0.717) is 18.7 Å². The predicted molar refractivity (Wildman–Crippen MR) is 107 cm³/mol. The standard InChI is InChI=1S/C22H22F3N3/c1-3-4-20(26)19-11-14(2)28-21-12-17(9-10-18(19)21)27-13-15-5-7-16(8-6-15)22(23,24)25/h5-12,26-27H,3-4,13H2,1-2H3. The summed E-state index contributed by atoms with van der Waals surface area (Å²) in [6.07, 6.45) is -2.70. The van der Waals surface area contributed by atoms with Gasteiger partial charge < -0.3 is 10.7 Å². The summed E-state index contributed by atoms with van der Waals surface area (Å²) in [5, 5.41) is 12.5. The highest BCUT2D eigenvalue weighted by molar-refractivity contribution is 6.09. The minimum Gasteiger partial charge on any atom is -0.381 e. The van der Waals surface area contributed by atoms with E-state index in [0.717, 1.165) is 52.0 Å². The van der Waals surface area contributed by atoms with Crippen molar-refractivity contribution in [2.75, 3.05) is 5.32 Å². The van der Waals surface area contributed by atoms with Gasteiger partial charge >= 0.3 is 6.18 Å². The molecule has 1 heterocycles. The first-order valence-electron chi connectivity index (χ1n) is 9.17. The van der Waals surface area contributed by atoms with Crippen molar-refractivity contribution in [2.24, 2.45) is 0 Å². The quantitative estimate of drug-likeness (QED) is 0.486. The van der Waals surface area contributed by atoms with E-state index in [9.17, 15) is 13.2 Å². The fraction of sp³-hybridized carbons (Fsp3) is 0.273. The van der Waals surface area contributed by atoms with E-state index in [1.54, 1.807) is 0 Å². The molecule has 0 amide bonds. The fourth-order valence-electron chi connectivity index (χ4n) is 3.12. The SMILES string of the molecule is CCCC(=N)c1cc(C)nc2cc(NCc3ccc(C(F)(F)F)cc3)ccc12. The molecule has 2 aromatic carbocycles. The summed E-state index contributed by atoms with van der Waals surface area (Å²) in [4.78, 5) is 4.57. The van der Waals surface area contributed by atoms with Crippen LogP contribution in [0.1, 0.15) is 42.1 Å². The first-order valence-corrected chi connectivity index (χ1v) is 9.17. The molecule has 0 aliphatic heterocycles. The van der Waals surface area contributed by atoms with Gasteiger partial charge in [0.1, 0.15) is 0 Å². The number of aryl methyl sites for hydroxylation is 1. The normalized spacial score (nSPS) is 11.6. The first kappa shape index (κ1) is 19.9. The average Bonchev–Trinajstić information content (AvgIpc) is 2.65. The number of nitrogens with zero attached hydrogens (tertiary/aromatic N) is 1. The first-order chi connectivity index (χ1) is 13.3. The van der Waals surface area contributed by atoms with Gasteiger partial charge in [-0.1, -0.05) is 31.5 Å². The van der Waals surface area contributed by atoms with Crippen LogP contribution in [0.5, 0.6) is 0 Å². The van der Waals surface area contributed by atoms with Crippen LogP contribution in [0.15, 0.2) is 48.5 Å². The molecule has 3 rings (SSSR count). The van der Waals surface area contributed by atoms with Gasteiger partial charge in [-0.05, 0) is 49.2 Å². The Balaban J connectivity index is 1.80. The lowest BCUT2D eigenvalue weighted by Crippen LogP contribution is -2.06. The Bertz CT molecular complexity index is 992. The summed E-state index contributed by atoms with van der Waals surface area (Å²) >= 11 is 0. The molecule has 146 valence electrons. The summed E-state index contributed by atoms with van der Waals surface area (Å²) in [7, 11) is 0. The molecule has 0 aliphatic rings. The van der Waals surface area contributed by atoms with Crippen molar-refractivity contribution in [2.45, 2.75) is 39.4 Å². The number of rotatable bonds is 6. The number of hydrogen-bond acceptors (Lipinski definition) is 3. The molecule has 3 aromatic rings. The number of halogens is 3. The van der Waals surface area contributed by atoms with Crippen LogP contribution in [-0.2, 0) is 12.7 Å². The average molecular weight is 385 g/mol. The van der Waals surface area contributed by atoms with Gasteiger partial charge in [-0.3, -0.25) is 4.98 Å². The Labute approximate surface area is 162 Å². The van der Waals surface area contributed by atoms with Crippen LogP contribution in [0, 0.1) is 12.3 Å². The Kier molecular flexibility index (Phi) is 5.68. The molecule has 28 heavy (non-hydrogen) atoms. The van der Waals surface area contributed by atoms with Crippen molar-refractivity contribution in [3.8, 4) is 0 Å². The minimum absolute atomic E-state index is 0.411. The number of hydrogen-bond donors (Lipinski definition) is 2. The predicted octanol–water partition coefficient (Wildman–Crippen LogP) is 6.34. The van der Waals surface area contributed by atoms with Gasteiger partial charge in [0.05, 0.1) is 11.1 Å². The zero-order valence-electron chi connectivity index (χ0n) is 15.8. The van der Waals surface area contributed by atoms with Crippen molar-refractivity contribution >= 4 is 22.3 Å². The van der Waals surface area contributed by atoms with Gasteiger partial charge in [0.25, 0.3) is 0 Å². The van der Waals surface area contributed by atoms with Crippen LogP contribution < -0.4 is 5.32 Å². The number of nitrogens with one attached hydrogen (secondary N) is 2. The molecule has 6 heteroatoms. The lowest BCUT2D eigenvalue weighted by Gasteiger charge is -2.12. The Morgan fingerprint density at radius 2 is 1.79 bits per heavy atom. The highest BCUT2D eigenvalue weighted by Crippen LogP contribution is 2.29. The molecular formula is C22H22F3N3. The van der Waals surface area contributed by atoms with Gasteiger partial charge in [0.15, 0.2) is 0 Å². The third-order valence-corrected chi connectivity index (χ3v) is 4.54. The summed E-state index contributed by atoms with van der Waals surface area (Å²) < 4.78 is 38.0. The lowest BCUT2D eigenvalue weighted by molar-refractivity contribution is -0.137. The number of alkyl halides is 3. The van der Waals surface area contributed by atoms with Crippen LogP contribution in [-0.4, -0.2) is 10.7 Å². The topological polar surface area (TPSA) is 48.8 Å². The molecule has 0 aliphatic carbocycles. The summed E-state index contributed by atoms with van der Waals surface area (Å²) in [6, 6.07) is 12.8. The Morgan fingerprint density at radius 1 is 1.07 bits per heavy atom. The molecule has 0 saturated heterocycles. The molecule has 0 bridgehead atoms. The minimum atomic E-state index is -4.32. The Morgan fingerprint density at radius 3 is 2.43 bits per heavy atom. The van der Waals surface area contributed by atoms with E-state index in [2.05, 4.69) is 10.3 Å². The molecule has 0 fully saturated rings. The summed E-state index contributed by atoms with van der Waals surface area (Å²) in [5.41, 5.74) is 4.09. The molecule has 0 atom stereocenters. The molecule has 0 saturated carbocycles. The maximum absolute atomic E-state index is 12.7. The van der Waals surface area contributed by atoms with Crippen molar-refractivity contribution in [3.63, 3.8) is 0 Å². The van der Waals surface area contributed by atoms with Crippen LogP contribution in [0.2, 0.25) is 0 Å². The van der Waals surface area contributed by atoms with E-state index in [4.69, 9.17) is 5.41 Å². The zero-order valence-corrected chi connectivity index (χ0v) is 15.8. The van der Waals surface area contributed by atoms with Gasteiger partial charge in [-0.25, -0.2) is 0 Å². The number of pyridine rings is 1. The van der Waals surface area contributed by atoms with Gasteiger partial charge in [0.2, 0.25) is 0 Å². The van der Waals surface area contributed by atoms with Crippen molar-refractivity contribution in [1.82, 2.24) is 4.98 Å². The summed E-state index contributed by atoms with van der Waals surface area (Å²) in [6.45, 7) is 4.37. The van der Waals surface area contributed by atoms with E-state index in [-0.39, 0.29) is 0 Å². The van der Waals surface area contributed by atoms with Crippen LogP contribution in [0.4, 0.5) is 18.9 Å². The largest absolute Gasteiger partial charge is 0.416 e. The van der Waals surface area contributed by atoms with Crippen LogP contribution >= 0.6 is 0 Å².